The number of likely N-dealkylation sites (N-methyl/N-ethyl adjacent to an activating group) is 1. The van der Waals surface area contributed by atoms with Gasteiger partial charge in [0.05, 0.1) is 13.1 Å². The van der Waals surface area contributed by atoms with Crippen LogP contribution in [0.5, 0.6) is 6.01 Å². The summed E-state index contributed by atoms with van der Waals surface area (Å²) >= 11 is 1.62. The first kappa shape index (κ1) is 35.1. The van der Waals surface area contributed by atoms with E-state index in [4.69, 9.17) is 21.8 Å². The SMILES string of the molecule is [C-]#[N+]/C(=C\c1cc2c(s1)-c1ccc(N(C)CCOC(=O)NCc3ccc(COc4nccc(N)n4)cc3)cc1C2(C)C)C(=O)CC(C)(C)C. The van der Waals surface area contributed by atoms with Crippen molar-refractivity contribution in [3.8, 4) is 16.5 Å². The Labute approximate surface area is 291 Å². The summed E-state index contributed by atoms with van der Waals surface area (Å²) in [5.74, 6) is 0.226. The predicted octanol–water partition coefficient (Wildman–Crippen LogP) is 7.63. The van der Waals surface area contributed by atoms with E-state index in [1.54, 1.807) is 29.7 Å². The second-order valence-corrected chi connectivity index (χ2v) is 14.9. The number of carbonyl (C=O) groups excluding carboxylic acids is 2. The number of rotatable bonds is 12. The molecule has 1 aliphatic rings. The molecule has 0 fully saturated rings. The molecule has 0 saturated carbocycles. The third-order valence-electron chi connectivity index (χ3n) is 8.31. The number of nitrogens with two attached hydrogens (primary N) is 1. The molecule has 2 aromatic carbocycles. The number of ether oxygens (including phenoxy) is 2. The number of nitrogen functional groups attached to an aromatic ring is 1. The van der Waals surface area contributed by atoms with E-state index in [1.807, 2.05) is 52.1 Å². The second kappa shape index (κ2) is 14.5. The summed E-state index contributed by atoms with van der Waals surface area (Å²) in [6, 6.07) is 18.0. The van der Waals surface area contributed by atoms with E-state index in [0.717, 1.165) is 21.7 Å². The van der Waals surface area contributed by atoms with Crippen LogP contribution in [0.1, 0.15) is 68.2 Å². The molecular formula is C38H42N6O4S. The minimum Gasteiger partial charge on any atom is -0.459 e. The molecule has 1 aliphatic carbocycles. The van der Waals surface area contributed by atoms with Crippen LogP contribution in [-0.4, -0.2) is 42.0 Å². The van der Waals surface area contributed by atoms with Gasteiger partial charge in [-0.1, -0.05) is 65.0 Å². The lowest BCUT2D eigenvalue weighted by molar-refractivity contribution is -0.116. The Morgan fingerprint density at radius 2 is 1.82 bits per heavy atom. The molecule has 5 rings (SSSR count). The van der Waals surface area contributed by atoms with E-state index in [9.17, 15) is 9.59 Å². The summed E-state index contributed by atoms with van der Waals surface area (Å²) in [6.07, 6.45) is 3.14. The third kappa shape index (κ3) is 8.64. The van der Waals surface area contributed by atoms with Crippen molar-refractivity contribution < 1.29 is 19.1 Å². The first-order valence-corrected chi connectivity index (χ1v) is 16.9. The van der Waals surface area contributed by atoms with Gasteiger partial charge in [-0.15, -0.1) is 11.3 Å². The van der Waals surface area contributed by atoms with Crippen molar-refractivity contribution in [2.75, 3.05) is 30.8 Å². The molecule has 4 aromatic rings. The molecule has 0 saturated heterocycles. The normalized spacial score (nSPS) is 13.2. The Bertz CT molecular complexity index is 1920. The fourth-order valence-corrected chi connectivity index (χ4v) is 6.91. The predicted molar refractivity (Wildman–Crippen MR) is 194 cm³/mol. The monoisotopic (exact) mass is 678 g/mol. The van der Waals surface area contributed by atoms with Crippen molar-refractivity contribution in [3.63, 3.8) is 0 Å². The smallest absolute Gasteiger partial charge is 0.407 e. The van der Waals surface area contributed by atoms with Gasteiger partial charge in [0.1, 0.15) is 19.0 Å². The molecule has 0 unspecified atom stereocenters. The highest BCUT2D eigenvalue weighted by molar-refractivity contribution is 7.16. The number of allylic oxidation sites excluding steroid dienone is 1. The fourth-order valence-electron chi connectivity index (χ4n) is 5.61. The number of alkyl carbamates (subject to hydrolysis) is 1. The molecule has 2 aromatic heterocycles. The molecular weight excluding hydrogens is 637 g/mol. The van der Waals surface area contributed by atoms with Gasteiger partial charge in [0.15, 0.2) is 5.78 Å². The van der Waals surface area contributed by atoms with Gasteiger partial charge < -0.3 is 30.2 Å². The van der Waals surface area contributed by atoms with Crippen LogP contribution in [0.2, 0.25) is 0 Å². The van der Waals surface area contributed by atoms with Crippen LogP contribution >= 0.6 is 11.3 Å². The van der Waals surface area contributed by atoms with Crippen LogP contribution in [0, 0.1) is 12.0 Å². The summed E-state index contributed by atoms with van der Waals surface area (Å²) < 4.78 is 11.0. The third-order valence-corrected chi connectivity index (χ3v) is 9.42. The zero-order chi connectivity index (χ0) is 35.3. The number of Topliss-reactive ketones (excluding diaryl/α,β-unsaturated/α-hetero) is 1. The lowest BCUT2D eigenvalue weighted by Gasteiger charge is -2.24. The highest BCUT2D eigenvalue weighted by atomic mass is 32.1. The molecule has 254 valence electrons. The van der Waals surface area contributed by atoms with Gasteiger partial charge in [0.25, 0.3) is 0 Å². The Kier molecular flexibility index (Phi) is 10.4. The van der Waals surface area contributed by atoms with E-state index in [0.29, 0.717) is 31.9 Å². The lowest BCUT2D eigenvalue weighted by atomic mass is 9.82. The molecule has 3 N–H and O–H groups in total. The average Bonchev–Trinajstić information content (AvgIpc) is 3.57. The van der Waals surface area contributed by atoms with Crippen LogP contribution in [0.15, 0.2) is 66.5 Å². The number of carbonyl (C=O) groups is 2. The zero-order valence-electron chi connectivity index (χ0n) is 28.8. The largest absolute Gasteiger partial charge is 0.459 e. The molecule has 1 amide bonds. The molecule has 0 radical (unpaired) electrons. The number of nitrogens with zero attached hydrogens (tertiary/aromatic N) is 4. The van der Waals surface area contributed by atoms with Crippen molar-refractivity contribution in [1.82, 2.24) is 15.3 Å². The van der Waals surface area contributed by atoms with E-state index in [2.05, 4.69) is 63.1 Å². The molecule has 11 heteroatoms. The van der Waals surface area contributed by atoms with Crippen molar-refractivity contribution >= 4 is 40.8 Å². The summed E-state index contributed by atoms with van der Waals surface area (Å²) in [5, 5.41) is 2.80. The molecule has 0 spiro atoms. The first-order valence-electron chi connectivity index (χ1n) is 16.1. The van der Waals surface area contributed by atoms with Crippen molar-refractivity contribution in [1.29, 1.82) is 0 Å². The molecule has 10 nitrogen and oxygen atoms in total. The van der Waals surface area contributed by atoms with Crippen molar-refractivity contribution in [3.05, 3.63) is 105 Å². The first-order chi connectivity index (χ1) is 23.2. The van der Waals surface area contributed by atoms with Crippen LogP contribution in [0.3, 0.4) is 0 Å². The fraction of sp³-hybridized carbons (Fsp3) is 0.342. The number of hydrogen-bond acceptors (Lipinski definition) is 9. The van der Waals surface area contributed by atoms with Gasteiger partial charge in [-0.3, -0.25) is 0 Å². The maximum Gasteiger partial charge on any atom is 0.407 e. The van der Waals surface area contributed by atoms with Crippen molar-refractivity contribution in [2.45, 2.75) is 59.6 Å². The molecule has 0 atom stereocenters. The van der Waals surface area contributed by atoms with E-state index >= 15 is 0 Å². The maximum absolute atomic E-state index is 12.7. The summed E-state index contributed by atoms with van der Waals surface area (Å²) in [5.41, 5.74) is 11.9. The minimum atomic E-state index is -0.481. The number of nitrogens with one attached hydrogen (secondary N) is 1. The quantitative estimate of drug-likeness (QED) is 0.116. The number of ketones is 1. The molecule has 0 aliphatic heterocycles. The van der Waals surface area contributed by atoms with E-state index < -0.39 is 6.09 Å². The topological polar surface area (TPSA) is 124 Å². The number of hydrogen-bond donors (Lipinski definition) is 2. The Hall–Kier alpha value is -5.21. The van der Waals surface area contributed by atoms with Crippen molar-refractivity contribution in [2.24, 2.45) is 5.41 Å². The van der Waals surface area contributed by atoms with Gasteiger partial charge in [-0.25, -0.2) is 14.6 Å². The van der Waals surface area contributed by atoms with Crippen LogP contribution in [0.25, 0.3) is 21.4 Å². The number of thiophene rings is 1. The summed E-state index contributed by atoms with van der Waals surface area (Å²) in [4.78, 5) is 40.9. The highest BCUT2D eigenvalue weighted by Gasteiger charge is 2.37. The summed E-state index contributed by atoms with van der Waals surface area (Å²) in [6.45, 7) is 19.4. The van der Waals surface area contributed by atoms with Gasteiger partial charge in [-0.05, 0) is 63.6 Å². The number of aromatic nitrogens is 2. The Morgan fingerprint density at radius 3 is 2.51 bits per heavy atom. The lowest BCUT2D eigenvalue weighted by Crippen LogP contribution is -2.29. The highest BCUT2D eigenvalue weighted by Crippen LogP contribution is 2.53. The second-order valence-electron chi connectivity index (χ2n) is 13.8. The maximum atomic E-state index is 12.7. The zero-order valence-corrected chi connectivity index (χ0v) is 29.6. The minimum absolute atomic E-state index is 0.121. The van der Waals surface area contributed by atoms with Gasteiger partial charge in [-0.2, -0.15) is 4.98 Å². The molecule has 2 heterocycles. The van der Waals surface area contributed by atoms with Crippen LogP contribution in [0.4, 0.5) is 16.3 Å². The summed E-state index contributed by atoms with van der Waals surface area (Å²) in [7, 11) is 1.98. The molecule has 0 bridgehead atoms. The van der Waals surface area contributed by atoms with Crippen LogP contribution in [-0.2, 0) is 28.1 Å². The van der Waals surface area contributed by atoms with Gasteiger partial charge in [0, 0.05) is 47.1 Å². The van der Waals surface area contributed by atoms with Crippen LogP contribution < -0.4 is 20.7 Å². The average molecular weight is 679 g/mol. The number of amides is 1. The van der Waals surface area contributed by atoms with E-state index in [1.165, 1.54) is 21.6 Å². The molecule has 49 heavy (non-hydrogen) atoms. The standard InChI is InChI=1S/C38H42N6O4S/c1-37(2,3)21-32(45)31(40-6)20-27-19-30-34(49-27)28-13-12-26(18-29(28)38(30,4)5)44(7)16-17-47-36(46)42-22-24-8-10-25(11-9-24)23-48-35-41-15-14-33(39)43-35/h8-15,18-20H,16-17,21-23H2,1-5,7H3,(H,42,46)(H2,39,41,43)/b31-20-. The number of fused-ring (bicyclic) bond motifs is 3. The van der Waals surface area contributed by atoms with Gasteiger partial charge >= 0.3 is 12.1 Å². The van der Waals surface area contributed by atoms with Gasteiger partial charge in [0.2, 0.25) is 5.70 Å². The Balaban J connectivity index is 1.12. The Morgan fingerprint density at radius 1 is 1.08 bits per heavy atom. The number of anilines is 2. The number of benzene rings is 2. The van der Waals surface area contributed by atoms with E-state index in [-0.39, 0.29) is 34.9 Å².